The quantitative estimate of drug-likeness (QED) is 0.842. The maximum Gasteiger partial charge on any atom is 0.344 e. The van der Waals surface area contributed by atoms with Crippen LogP contribution in [0.4, 0.5) is 5.69 Å². The highest BCUT2D eigenvalue weighted by atomic mass is 35.5. The summed E-state index contributed by atoms with van der Waals surface area (Å²) < 4.78 is 10.0. The smallest absolute Gasteiger partial charge is 0.344 e. The van der Waals surface area contributed by atoms with Crippen LogP contribution >= 0.6 is 23.2 Å². The predicted octanol–water partition coefficient (Wildman–Crippen LogP) is 3.78. The summed E-state index contributed by atoms with van der Waals surface area (Å²) in [5.41, 5.74) is 1.03. The first kappa shape index (κ1) is 17.3. The molecule has 6 nitrogen and oxygen atoms in total. The lowest BCUT2D eigenvalue weighted by Crippen LogP contribution is -2.30. The van der Waals surface area contributed by atoms with Gasteiger partial charge in [0, 0.05) is 15.7 Å². The van der Waals surface area contributed by atoms with Crippen LogP contribution in [0, 0.1) is 13.8 Å². The monoisotopic (exact) mass is 356 g/mol. The number of rotatable bonds is 4. The normalized spacial score (nSPS) is 11.9. The van der Waals surface area contributed by atoms with E-state index in [4.69, 9.17) is 32.5 Å². The molecule has 1 amide bonds. The lowest BCUT2D eigenvalue weighted by atomic mass is 10.2. The van der Waals surface area contributed by atoms with E-state index in [0.29, 0.717) is 27.2 Å². The largest absolute Gasteiger partial charge is 0.449 e. The van der Waals surface area contributed by atoms with Crippen LogP contribution in [0.5, 0.6) is 0 Å². The van der Waals surface area contributed by atoms with Crippen LogP contribution in [-0.4, -0.2) is 23.1 Å². The minimum atomic E-state index is -1.02. The molecule has 2 rings (SSSR count). The number of ether oxygens (including phenoxy) is 1. The number of halogens is 2. The van der Waals surface area contributed by atoms with Crippen molar-refractivity contribution in [2.24, 2.45) is 0 Å². The number of esters is 1. The molecule has 2 aromatic rings. The first-order valence-corrected chi connectivity index (χ1v) is 7.44. The molecule has 1 atom stereocenters. The molecule has 0 radical (unpaired) electrons. The average molecular weight is 357 g/mol. The van der Waals surface area contributed by atoms with Crippen LogP contribution in [0.3, 0.4) is 0 Å². The number of aromatic nitrogens is 1. The van der Waals surface area contributed by atoms with Crippen LogP contribution in [-0.2, 0) is 9.53 Å². The third-order valence-corrected chi connectivity index (χ3v) is 3.46. The van der Waals surface area contributed by atoms with Crippen molar-refractivity contribution < 1.29 is 18.8 Å². The van der Waals surface area contributed by atoms with E-state index >= 15 is 0 Å². The highest BCUT2D eigenvalue weighted by molar-refractivity contribution is 6.35. The van der Waals surface area contributed by atoms with E-state index < -0.39 is 18.0 Å². The zero-order valence-corrected chi connectivity index (χ0v) is 14.2. The molecule has 1 aromatic carbocycles. The molecule has 1 aromatic heterocycles. The summed E-state index contributed by atoms with van der Waals surface area (Å²) in [6, 6.07) is 4.61. The Morgan fingerprint density at radius 3 is 2.35 bits per heavy atom. The number of hydrogen-bond donors (Lipinski definition) is 1. The van der Waals surface area contributed by atoms with Crippen molar-refractivity contribution in [3.8, 4) is 0 Å². The lowest BCUT2D eigenvalue weighted by molar-refractivity contribution is -0.123. The molecular weight excluding hydrogens is 343 g/mol. The minimum absolute atomic E-state index is 0.218. The van der Waals surface area contributed by atoms with Gasteiger partial charge in [0.1, 0.15) is 11.3 Å². The molecule has 0 aliphatic carbocycles. The van der Waals surface area contributed by atoms with Gasteiger partial charge in [-0.05, 0) is 39.0 Å². The van der Waals surface area contributed by atoms with Gasteiger partial charge in [-0.15, -0.1) is 0 Å². The molecule has 0 aliphatic rings. The maximum atomic E-state index is 12.1. The third-order valence-electron chi connectivity index (χ3n) is 3.02. The maximum absolute atomic E-state index is 12.1. The van der Waals surface area contributed by atoms with Crippen LogP contribution in [0.15, 0.2) is 22.7 Å². The highest BCUT2D eigenvalue weighted by Gasteiger charge is 2.24. The standard InChI is InChI=1S/C15H14Cl2N2O4/c1-7-13(8(2)23-19-7)15(21)22-9(3)14(20)18-12-5-10(16)4-11(17)6-12/h4-6,9H,1-3H3,(H,18,20). The molecular formula is C15H14Cl2N2O4. The second-order valence-corrected chi connectivity index (χ2v) is 5.77. The summed E-state index contributed by atoms with van der Waals surface area (Å²) in [6.07, 6.45) is -1.02. The molecule has 1 heterocycles. The van der Waals surface area contributed by atoms with E-state index in [9.17, 15) is 9.59 Å². The van der Waals surface area contributed by atoms with E-state index in [1.54, 1.807) is 19.9 Å². The van der Waals surface area contributed by atoms with Crippen LogP contribution in [0.2, 0.25) is 10.0 Å². The summed E-state index contributed by atoms with van der Waals surface area (Å²) in [6.45, 7) is 4.67. The van der Waals surface area contributed by atoms with Gasteiger partial charge in [-0.1, -0.05) is 28.4 Å². The second-order valence-electron chi connectivity index (χ2n) is 4.89. The number of aryl methyl sites for hydroxylation is 2. The molecule has 0 saturated carbocycles. The van der Waals surface area contributed by atoms with Crippen LogP contribution < -0.4 is 5.32 Å². The molecule has 8 heteroatoms. The fraction of sp³-hybridized carbons (Fsp3) is 0.267. The molecule has 0 aliphatic heterocycles. The van der Waals surface area contributed by atoms with E-state index in [-0.39, 0.29) is 5.56 Å². The number of benzene rings is 1. The Labute approximate surface area is 142 Å². The van der Waals surface area contributed by atoms with Crippen molar-refractivity contribution in [1.82, 2.24) is 5.16 Å². The van der Waals surface area contributed by atoms with Gasteiger partial charge >= 0.3 is 5.97 Å². The molecule has 122 valence electrons. The lowest BCUT2D eigenvalue weighted by Gasteiger charge is -2.13. The number of anilines is 1. The summed E-state index contributed by atoms with van der Waals surface area (Å²) in [5, 5.41) is 7.02. The molecule has 0 spiro atoms. The molecule has 23 heavy (non-hydrogen) atoms. The number of amides is 1. The predicted molar refractivity (Wildman–Crippen MR) is 85.9 cm³/mol. The van der Waals surface area contributed by atoms with Crippen LogP contribution in [0.1, 0.15) is 28.7 Å². The van der Waals surface area contributed by atoms with E-state index in [1.807, 2.05) is 0 Å². The summed E-state index contributed by atoms with van der Waals surface area (Å²) in [7, 11) is 0. The fourth-order valence-corrected chi connectivity index (χ4v) is 2.44. The van der Waals surface area contributed by atoms with Gasteiger partial charge in [0.25, 0.3) is 5.91 Å². The van der Waals surface area contributed by atoms with Crippen LogP contribution in [0.25, 0.3) is 0 Å². The number of carbonyl (C=O) groups is 2. The summed E-state index contributed by atoms with van der Waals surface area (Å²) in [5.74, 6) is -0.849. The molecule has 1 N–H and O–H groups in total. The first-order valence-electron chi connectivity index (χ1n) is 6.68. The second kappa shape index (κ2) is 7.02. The molecule has 1 unspecified atom stereocenters. The first-order chi connectivity index (χ1) is 10.8. The molecule has 0 saturated heterocycles. The van der Waals surface area contributed by atoms with Gasteiger partial charge in [0.15, 0.2) is 6.10 Å². The Kier molecular flexibility index (Phi) is 5.28. The van der Waals surface area contributed by atoms with E-state index in [2.05, 4.69) is 10.5 Å². The van der Waals surface area contributed by atoms with Gasteiger partial charge in [0.2, 0.25) is 0 Å². The zero-order valence-electron chi connectivity index (χ0n) is 12.6. The number of hydrogen-bond acceptors (Lipinski definition) is 5. The van der Waals surface area contributed by atoms with Gasteiger partial charge in [-0.25, -0.2) is 4.79 Å². The Morgan fingerprint density at radius 1 is 1.22 bits per heavy atom. The molecule has 0 fully saturated rings. The third kappa shape index (κ3) is 4.24. The summed E-state index contributed by atoms with van der Waals surface area (Å²) in [4.78, 5) is 24.2. The van der Waals surface area contributed by atoms with Crippen molar-refractivity contribution in [1.29, 1.82) is 0 Å². The molecule has 0 bridgehead atoms. The van der Waals surface area contributed by atoms with E-state index in [1.165, 1.54) is 19.1 Å². The van der Waals surface area contributed by atoms with Gasteiger partial charge in [-0.3, -0.25) is 4.79 Å². The van der Waals surface area contributed by atoms with Crippen molar-refractivity contribution in [2.45, 2.75) is 26.9 Å². The fourth-order valence-electron chi connectivity index (χ4n) is 1.92. The van der Waals surface area contributed by atoms with Gasteiger partial charge in [-0.2, -0.15) is 0 Å². The number of carbonyl (C=O) groups excluding carboxylic acids is 2. The minimum Gasteiger partial charge on any atom is -0.449 e. The van der Waals surface area contributed by atoms with Crippen molar-refractivity contribution in [2.75, 3.05) is 5.32 Å². The Hall–Kier alpha value is -2.05. The zero-order chi connectivity index (χ0) is 17.1. The van der Waals surface area contributed by atoms with E-state index in [0.717, 1.165) is 0 Å². The summed E-state index contributed by atoms with van der Waals surface area (Å²) >= 11 is 11.7. The Bertz CT molecular complexity index is 718. The number of nitrogens with zero attached hydrogens (tertiary/aromatic N) is 1. The Balaban J connectivity index is 2.04. The number of nitrogens with one attached hydrogen (secondary N) is 1. The van der Waals surface area contributed by atoms with Crippen molar-refractivity contribution in [3.63, 3.8) is 0 Å². The average Bonchev–Trinajstić information content (AvgIpc) is 2.76. The topological polar surface area (TPSA) is 81.4 Å². The van der Waals surface area contributed by atoms with Gasteiger partial charge in [0.05, 0.1) is 5.69 Å². The van der Waals surface area contributed by atoms with Gasteiger partial charge < -0.3 is 14.6 Å². The van der Waals surface area contributed by atoms with Crippen molar-refractivity contribution in [3.05, 3.63) is 45.3 Å². The highest BCUT2D eigenvalue weighted by Crippen LogP contribution is 2.23. The SMILES string of the molecule is Cc1noc(C)c1C(=O)OC(C)C(=O)Nc1cc(Cl)cc(Cl)c1. The Morgan fingerprint density at radius 2 is 1.83 bits per heavy atom. The van der Waals surface area contributed by atoms with Crippen molar-refractivity contribution >= 4 is 40.8 Å².